The first-order chi connectivity index (χ1) is 5.76. The Morgan fingerprint density at radius 2 is 2.17 bits per heavy atom. The second kappa shape index (κ2) is 7.32. The monoisotopic (exact) mass is 171 g/mol. The van der Waals surface area contributed by atoms with Crippen LogP contribution >= 0.6 is 0 Å². The summed E-state index contributed by atoms with van der Waals surface area (Å²) < 4.78 is 5.52. The molecule has 0 aliphatic carbocycles. The van der Waals surface area contributed by atoms with Crippen LogP contribution in [0.1, 0.15) is 33.1 Å². The molecule has 12 heavy (non-hydrogen) atoms. The molecule has 2 N–H and O–H groups in total. The Bertz CT molecular complexity index is 108. The van der Waals surface area contributed by atoms with Crippen LogP contribution in [-0.2, 0) is 4.74 Å². The third-order valence-corrected chi connectivity index (χ3v) is 1.87. The maximum Gasteiger partial charge on any atom is 0.0728 e. The maximum absolute atomic E-state index is 5.90. The molecule has 0 heterocycles. The molecule has 2 heteroatoms. The summed E-state index contributed by atoms with van der Waals surface area (Å²) in [5.74, 6) is 0. The van der Waals surface area contributed by atoms with Crippen LogP contribution in [0.2, 0.25) is 0 Å². The normalized spacial score (nSPS) is 15.6. The predicted molar refractivity (Wildman–Crippen MR) is 53.1 cm³/mol. The van der Waals surface area contributed by atoms with Crippen LogP contribution in [-0.4, -0.2) is 18.8 Å². The largest absolute Gasteiger partial charge is 0.377 e. The lowest BCUT2D eigenvalue weighted by molar-refractivity contribution is 0.0384. The first-order valence-electron chi connectivity index (χ1n) is 4.74. The Balaban J connectivity index is 3.80. The molecule has 0 aromatic heterocycles. The van der Waals surface area contributed by atoms with Gasteiger partial charge in [-0.2, -0.15) is 0 Å². The molecule has 0 aromatic carbocycles. The zero-order chi connectivity index (χ0) is 9.40. The van der Waals surface area contributed by atoms with Gasteiger partial charge in [0.05, 0.1) is 6.10 Å². The molecule has 0 spiro atoms. The fourth-order valence-electron chi connectivity index (χ4n) is 1.26. The average Bonchev–Trinajstić information content (AvgIpc) is 2.04. The van der Waals surface area contributed by atoms with Gasteiger partial charge in [0.1, 0.15) is 0 Å². The molecule has 0 saturated carbocycles. The van der Waals surface area contributed by atoms with Crippen molar-refractivity contribution in [3.63, 3.8) is 0 Å². The minimum absolute atomic E-state index is 0.113. The molecule has 2 unspecified atom stereocenters. The zero-order valence-corrected chi connectivity index (χ0v) is 8.25. The molecule has 0 bridgehead atoms. The smallest absolute Gasteiger partial charge is 0.0728 e. The van der Waals surface area contributed by atoms with Crippen molar-refractivity contribution in [3.05, 3.63) is 12.7 Å². The predicted octanol–water partition coefficient (Wildman–Crippen LogP) is 2.10. The Kier molecular flexibility index (Phi) is 7.11. The summed E-state index contributed by atoms with van der Waals surface area (Å²) in [6.45, 7) is 8.56. The van der Waals surface area contributed by atoms with Crippen LogP contribution in [0.25, 0.3) is 0 Å². The number of hydrogen-bond donors (Lipinski definition) is 1. The summed E-state index contributed by atoms with van der Waals surface area (Å²) in [5.41, 5.74) is 5.90. The van der Waals surface area contributed by atoms with Gasteiger partial charge in [0.2, 0.25) is 0 Å². The molecule has 0 radical (unpaired) electrons. The standard InChI is InChI=1S/C10H21NO/c1-4-7-9(11)10(8-5-2)12-6-3/h4,9-10H,1,5-8,11H2,2-3H3. The summed E-state index contributed by atoms with van der Waals surface area (Å²) >= 11 is 0. The highest BCUT2D eigenvalue weighted by molar-refractivity contribution is 4.81. The number of nitrogens with two attached hydrogens (primary N) is 1. The second-order valence-corrected chi connectivity index (χ2v) is 2.97. The summed E-state index contributed by atoms with van der Waals surface area (Å²) in [6.07, 6.45) is 5.06. The third kappa shape index (κ3) is 4.52. The first kappa shape index (κ1) is 11.7. The van der Waals surface area contributed by atoms with Gasteiger partial charge in [-0.15, -0.1) is 6.58 Å². The average molecular weight is 171 g/mol. The van der Waals surface area contributed by atoms with Crippen molar-refractivity contribution in [1.82, 2.24) is 0 Å². The van der Waals surface area contributed by atoms with Gasteiger partial charge in [-0.1, -0.05) is 19.4 Å². The van der Waals surface area contributed by atoms with E-state index in [9.17, 15) is 0 Å². The molecular weight excluding hydrogens is 150 g/mol. The van der Waals surface area contributed by atoms with Crippen LogP contribution in [0, 0.1) is 0 Å². The second-order valence-electron chi connectivity index (χ2n) is 2.97. The molecule has 2 atom stereocenters. The molecule has 0 aliphatic heterocycles. The van der Waals surface area contributed by atoms with Gasteiger partial charge in [-0.3, -0.25) is 0 Å². The van der Waals surface area contributed by atoms with E-state index in [1.165, 1.54) is 0 Å². The van der Waals surface area contributed by atoms with Gasteiger partial charge in [0.25, 0.3) is 0 Å². The van der Waals surface area contributed by atoms with Crippen molar-refractivity contribution in [2.24, 2.45) is 5.73 Å². The quantitative estimate of drug-likeness (QED) is 0.595. The molecule has 0 saturated heterocycles. The van der Waals surface area contributed by atoms with Gasteiger partial charge >= 0.3 is 0 Å². The maximum atomic E-state index is 5.90. The molecule has 0 amide bonds. The molecule has 0 aliphatic rings. The number of ether oxygens (including phenoxy) is 1. The Hall–Kier alpha value is -0.340. The van der Waals surface area contributed by atoms with E-state index in [1.54, 1.807) is 0 Å². The topological polar surface area (TPSA) is 35.2 Å². The van der Waals surface area contributed by atoms with Crippen molar-refractivity contribution in [3.8, 4) is 0 Å². The summed E-state index contributed by atoms with van der Waals surface area (Å²) in [6, 6.07) is 0.113. The van der Waals surface area contributed by atoms with E-state index in [2.05, 4.69) is 13.5 Å². The van der Waals surface area contributed by atoms with E-state index >= 15 is 0 Å². The van der Waals surface area contributed by atoms with Gasteiger partial charge in [-0.25, -0.2) is 0 Å². The summed E-state index contributed by atoms with van der Waals surface area (Å²) in [7, 11) is 0. The van der Waals surface area contributed by atoms with E-state index in [1.807, 2.05) is 13.0 Å². The van der Waals surface area contributed by atoms with Crippen LogP contribution < -0.4 is 5.73 Å². The van der Waals surface area contributed by atoms with Crippen LogP contribution in [0.3, 0.4) is 0 Å². The van der Waals surface area contributed by atoms with Gasteiger partial charge in [0, 0.05) is 12.6 Å². The lowest BCUT2D eigenvalue weighted by Crippen LogP contribution is -2.36. The van der Waals surface area contributed by atoms with Crippen molar-refractivity contribution in [2.45, 2.75) is 45.3 Å². The number of rotatable bonds is 7. The minimum Gasteiger partial charge on any atom is -0.377 e. The van der Waals surface area contributed by atoms with Crippen LogP contribution in [0.15, 0.2) is 12.7 Å². The SMILES string of the molecule is C=CCC(N)C(CCC)OCC. The van der Waals surface area contributed by atoms with Crippen molar-refractivity contribution in [2.75, 3.05) is 6.61 Å². The third-order valence-electron chi connectivity index (χ3n) is 1.87. The van der Waals surface area contributed by atoms with Gasteiger partial charge < -0.3 is 10.5 Å². The summed E-state index contributed by atoms with van der Waals surface area (Å²) in [4.78, 5) is 0. The lowest BCUT2D eigenvalue weighted by Gasteiger charge is -2.22. The van der Waals surface area contributed by atoms with Crippen LogP contribution in [0.5, 0.6) is 0 Å². The first-order valence-corrected chi connectivity index (χ1v) is 4.74. The van der Waals surface area contributed by atoms with E-state index in [4.69, 9.17) is 10.5 Å². The molecule has 2 nitrogen and oxygen atoms in total. The van der Waals surface area contributed by atoms with E-state index in [-0.39, 0.29) is 12.1 Å². The highest BCUT2D eigenvalue weighted by Gasteiger charge is 2.14. The Labute approximate surface area is 75.8 Å². The van der Waals surface area contributed by atoms with E-state index < -0.39 is 0 Å². The minimum atomic E-state index is 0.113. The lowest BCUT2D eigenvalue weighted by atomic mass is 10.0. The molecule has 0 rings (SSSR count). The Morgan fingerprint density at radius 1 is 1.50 bits per heavy atom. The van der Waals surface area contributed by atoms with Gasteiger partial charge in [-0.05, 0) is 19.8 Å². The number of hydrogen-bond acceptors (Lipinski definition) is 2. The summed E-state index contributed by atoms with van der Waals surface area (Å²) in [5, 5.41) is 0. The van der Waals surface area contributed by atoms with Crippen molar-refractivity contribution < 1.29 is 4.74 Å². The molecule has 0 fully saturated rings. The Morgan fingerprint density at radius 3 is 2.58 bits per heavy atom. The van der Waals surface area contributed by atoms with E-state index in [0.29, 0.717) is 0 Å². The zero-order valence-electron chi connectivity index (χ0n) is 8.25. The molecule has 72 valence electrons. The molecular formula is C10H21NO. The van der Waals surface area contributed by atoms with E-state index in [0.717, 1.165) is 25.9 Å². The fraction of sp³-hybridized carbons (Fsp3) is 0.800. The van der Waals surface area contributed by atoms with Gasteiger partial charge in [0.15, 0.2) is 0 Å². The van der Waals surface area contributed by atoms with Crippen molar-refractivity contribution >= 4 is 0 Å². The van der Waals surface area contributed by atoms with Crippen LogP contribution in [0.4, 0.5) is 0 Å². The molecule has 0 aromatic rings. The highest BCUT2D eigenvalue weighted by atomic mass is 16.5. The fourth-order valence-corrected chi connectivity index (χ4v) is 1.26. The van der Waals surface area contributed by atoms with Crippen molar-refractivity contribution in [1.29, 1.82) is 0 Å². The highest BCUT2D eigenvalue weighted by Crippen LogP contribution is 2.08.